The second-order valence-corrected chi connectivity index (χ2v) is 5.69. The van der Waals surface area contributed by atoms with E-state index < -0.39 is 10.0 Å². The lowest BCUT2D eigenvalue weighted by molar-refractivity contribution is 0.601. The fraction of sp³-hybridized carbons (Fsp3) is 0. The monoisotopic (exact) mass is 291 g/mol. The third kappa shape index (κ3) is 2.71. The first kappa shape index (κ1) is 12.2. The van der Waals surface area contributed by atoms with Gasteiger partial charge in [0.1, 0.15) is 4.90 Å². The summed E-state index contributed by atoms with van der Waals surface area (Å²) in [6.07, 6.45) is 2.46. The van der Waals surface area contributed by atoms with Gasteiger partial charge in [0, 0.05) is 11.2 Å². The molecule has 0 amide bonds. The van der Waals surface area contributed by atoms with Crippen molar-refractivity contribution in [2.75, 3.05) is 4.72 Å². The average molecular weight is 292 g/mol. The van der Waals surface area contributed by atoms with Gasteiger partial charge in [-0.2, -0.15) is 5.10 Å². The minimum absolute atomic E-state index is 0.0218. The summed E-state index contributed by atoms with van der Waals surface area (Å²) < 4.78 is 26.0. The van der Waals surface area contributed by atoms with Gasteiger partial charge in [-0.1, -0.05) is 23.2 Å². The van der Waals surface area contributed by atoms with E-state index in [1.165, 1.54) is 24.5 Å². The Balaban J connectivity index is 2.36. The Morgan fingerprint density at radius 2 is 2.06 bits per heavy atom. The summed E-state index contributed by atoms with van der Waals surface area (Å²) in [4.78, 5) is 0.0218. The van der Waals surface area contributed by atoms with Gasteiger partial charge in [-0.15, -0.1) is 0 Å². The molecule has 0 aliphatic rings. The summed E-state index contributed by atoms with van der Waals surface area (Å²) in [6, 6.07) is 4.51. The summed E-state index contributed by atoms with van der Waals surface area (Å²) in [5.74, 6) is 0. The molecule has 1 aromatic carbocycles. The molecule has 0 saturated heterocycles. The van der Waals surface area contributed by atoms with E-state index in [2.05, 4.69) is 14.9 Å². The zero-order valence-electron chi connectivity index (χ0n) is 8.31. The molecule has 2 N–H and O–H groups in total. The third-order valence-corrected chi connectivity index (χ3v) is 3.85. The molecule has 17 heavy (non-hydrogen) atoms. The molecular formula is C9H7Cl2N3O2S. The van der Waals surface area contributed by atoms with Crippen molar-refractivity contribution in [3.8, 4) is 0 Å². The number of aromatic amines is 1. The number of H-pyrrole nitrogens is 1. The van der Waals surface area contributed by atoms with Crippen LogP contribution in [-0.2, 0) is 10.0 Å². The number of aromatic nitrogens is 2. The number of halogens is 2. The minimum atomic E-state index is -3.70. The van der Waals surface area contributed by atoms with Gasteiger partial charge < -0.3 is 0 Å². The number of anilines is 1. The number of rotatable bonds is 3. The van der Waals surface area contributed by atoms with Crippen LogP contribution in [0.2, 0.25) is 10.0 Å². The first-order valence-corrected chi connectivity index (χ1v) is 6.69. The minimum Gasteiger partial charge on any atom is -0.284 e. The van der Waals surface area contributed by atoms with E-state index in [0.717, 1.165) is 0 Å². The Hall–Kier alpha value is -1.24. The number of sulfonamides is 1. The lowest BCUT2D eigenvalue weighted by Crippen LogP contribution is -2.12. The van der Waals surface area contributed by atoms with Gasteiger partial charge in [0.05, 0.1) is 16.9 Å². The molecule has 0 spiro atoms. The van der Waals surface area contributed by atoms with E-state index in [4.69, 9.17) is 23.2 Å². The van der Waals surface area contributed by atoms with Crippen molar-refractivity contribution in [1.82, 2.24) is 10.2 Å². The van der Waals surface area contributed by atoms with Crippen LogP contribution < -0.4 is 4.72 Å². The average Bonchev–Trinajstić information content (AvgIpc) is 2.77. The molecule has 5 nitrogen and oxygen atoms in total. The molecule has 0 atom stereocenters. The van der Waals surface area contributed by atoms with Crippen LogP contribution in [0, 0.1) is 0 Å². The normalized spacial score (nSPS) is 11.4. The lowest BCUT2D eigenvalue weighted by atomic mass is 10.3. The highest BCUT2D eigenvalue weighted by molar-refractivity contribution is 7.92. The Labute approximate surface area is 108 Å². The molecule has 90 valence electrons. The lowest BCUT2D eigenvalue weighted by Gasteiger charge is -2.08. The fourth-order valence-electron chi connectivity index (χ4n) is 1.17. The van der Waals surface area contributed by atoms with Crippen molar-refractivity contribution in [2.45, 2.75) is 4.90 Å². The Morgan fingerprint density at radius 1 is 1.29 bits per heavy atom. The number of hydrogen-bond acceptors (Lipinski definition) is 3. The Morgan fingerprint density at radius 3 is 2.71 bits per heavy atom. The second-order valence-electron chi connectivity index (χ2n) is 3.16. The van der Waals surface area contributed by atoms with Crippen molar-refractivity contribution in [2.24, 2.45) is 0 Å². The maximum atomic E-state index is 11.9. The van der Waals surface area contributed by atoms with Gasteiger partial charge >= 0.3 is 0 Å². The van der Waals surface area contributed by atoms with E-state index >= 15 is 0 Å². The molecule has 2 rings (SSSR count). The van der Waals surface area contributed by atoms with Gasteiger partial charge in [0.25, 0.3) is 10.0 Å². The van der Waals surface area contributed by atoms with Crippen LogP contribution in [0.4, 0.5) is 5.69 Å². The fourth-order valence-corrected chi connectivity index (χ4v) is 2.53. The van der Waals surface area contributed by atoms with E-state index in [1.807, 2.05) is 0 Å². The van der Waals surface area contributed by atoms with Crippen molar-refractivity contribution < 1.29 is 8.42 Å². The number of nitrogens with zero attached hydrogens (tertiary/aromatic N) is 1. The van der Waals surface area contributed by atoms with Gasteiger partial charge in [0.2, 0.25) is 0 Å². The molecule has 1 heterocycles. The predicted molar refractivity (Wildman–Crippen MR) is 65.9 cm³/mol. The molecule has 0 bridgehead atoms. The Bertz CT molecular complexity index is 626. The first-order valence-electron chi connectivity index (χ1n) is 4.46. The summed E-state index contributed by atoms with van der Waals surface area (Å²) in [6.45, 7) is 0. The standard InChI is InChI=1S/C9H7Cl2N3O2S/c10-6-1-2-8(11)9(3-6)14-17(15,16)7-4-12-13-5-7/h1-5,14H,(H,12,13). The Kier molecular flexibility index (Phi) is 3.28. The second kappa shape index (κ2) is 4.56. The summed E-state index contributed by atoms with van der Waals surface area (Å²) in [5, 5.41) is 6.64. The SMILES string of the molecule is O=S(=O)(Nc1cc(Cl)ccc1Cl)c1cn[nH]c1. The van der Waals surface area contributed by atoms with Crippen molar-refractivity contribution in [3.05, 3.63) is 40.6 Å². The highest BCUT2D eigenvalue weighted by atomic mass is 35.5. The van der Waals surface area contributed by atoms with Crippen LogP contribution in [0.15, 0.2) is 35.5 Å². The van der Waals surface area contributed by atoms with Crippen LogP contribution in [0.5, 0.6) is 0 Å². The van der Waals surface area contributed by atoms with Crippen molar-refractivity contribution in [1.29, 1.82) is 0 Å². The number of benzene rings is 1. The zero-order chi connectivity index (χ0) is 12.5. The summed E-state index contributed by atoms with van der Waals surface area (Å²) in [5.41, 5.74) is 0.223. The molecule has 0 saturated carbocycles. The van der Waals surface area contributed by atoms with Crippen LogP contribution in [0.3, 0.4) is 0 Å². The maximum absolute atomic E-state index is 11.9. The molecule has 0 aliphatic heterocycles. The van der Waals surface area contributed by atoms with Gasteiger partial charge in [-0.3, -0.25) is 9.82 Å². The summed E-state index contributed by atoms with van der Waals surface area (Å²) >= 11 is 11.6. The molecule has 0 unspecified atom stereocenters. The first-order chi connectivity index (χ1) is 7.99. The topological polar surface area (TPSA) is 74.8 Å². The van der Waals surface area contributed by atoms with Crippen molar-refractivity contribution in [3.63, 3.8) is 0 Å². The highest BCUT2D eigenvalue weighted by Gasteiger charge is 2.16. The van der Waals surface area contributed by atoms with E-state index in [-0.39, 0.29) is 15.6 Å². The number of nitrogens with one attached hydrogen (secondary N) is 2. The van der Waals surface area contributed by atoms with Gasteiger partial charge in [0.15, 0.2) is 0 Å². The predicted octanol–water partition coefficient (Wildman–Crippen LogP) is 2.52. The molecule has 2 aromatic rings. The van der Waals surface area contributed by atoms with E-state index in [0.29, 0.717) is 5.02 Å². The van der Waals surface area contributed by atoms with Gasteiger partial charge in [-0.25, -0.2) is 8.42 Å². The number of hydrogen-bond donors (Lipinski definition) is 2. The molecule has 0 radical (unpaired) electrons. The smallest absolute Gasteiger partial charge is 0.265 e. The van der Waals surface area contributed by atoms with Crippen LogP contribution in [0.25, 0.3) is 0 Å². The summed E-state index contributed by atoms with van der Waals surface area (Å²) in [7, 11) is -3.70. The molecular weight excluding hydrogens is 285 g/mol. The van der Waals surface area contributed by atoms with Crippen molar-refractivity contribution >= 4 is 38.9 Å². The molecule has 0 fully saturated rings. The van der Waals surface area contributed by atoms with Crippen LogP contribution in [-0.4, -0.2) is 18.6 Å². The van der Waals surface area contributed by atoms with Gasteiger partial charge in [-0.05, 0) is 18.2 Å². The van der Waals surface area contributed by atoms with Crippen LogP contribution >= 0.6 is 23.2 Å². The quantitative estimate of drug-likeness (QED) is 0.912. The highest BCUT2D eigenvalue weighted by Crippen LogP contribution is 2.27. The van der Waals surface area contributed by atoms with E-state index in [1.54, 1.807) is 6.07 Å². The van der Waals surface area contributed by atoms with E-state index in [9.17, 15) is 8.42 Å². The largest absolute Gasteiger partial charge is 0.284 e. The zero-order valence-corrected chi connectivity index (χ0v) is 10.6. The molecule has 8 heteroatoms. The van der Waals surface area contributed by atoms with Crippen LogP contribution in [0.1, 0.15) is 0 Å². The molecule has 0 aliphatic carbocycles. The third-order valence-electron chi connectivity index (χ3n) is 1.96. The molecule has 1 aromatic heterocycles. The maximum Gasteiger partial charge on any atom is 0.265 e.